The van der Waals surface area contributed by atoms with Crippen molar-refractivity contribution >= 4 is 27.3 Å². The summed E-state index contributed by atoms with van der Waals surface area (Å²) >= 11 is 0. The molecule has 0 radical (unpaired) electrons. The molecule has 0 saturated carbocycles. The number of aromatic nitrogens is 2. The minimum atomic E-state index is -0.247. The van der Waals surface area contributed by atoms with Crippen LogP contribution in [0.4, 0.5) is 0 Å². The average molecular weight is 252 g/mol. The lowest BCUT2D eigenvalue weighted by molar-refractivity contribution is 0.405. The topological polar surface area (TPSA) is 74.8 Å². The molecule has 3 heterocycles. The fraction of sp³-hybridized carbons (Fsp3) is 0. The predicted octanol–water partition coefficient (Wildman–Crippen LogP) is 1.85. The van der Waals surface area contributed by atoms with E-state index in [2.05, 4.69) is 4.98 Å². The molecule has 0 fully saturated rings. The van der Waals surface area contributed by atoms with Crippen LogP contribution in [0, 0.1) is 0 Å². The van der Waals surface area contributed by atoms with Gasteiger partial charge in [-0.1, -0.05) is 0 Å². The Morgan fingerprint density at radius 3 is 2.63 bits per heavy atom. The van der Waals surface area contributed by atoms with E-state index in [0.29, 0.717) is 21.9 Å². The van der Waals surface area contributed by atoms with E-state index in [4.69, 9.17) is 0 Å². The minimum absolute atomic E-state index is 0.189. The van der Waals surface area contributed by atoms with E-state index in [1.807, 2.05) is 0 Å². The van der Waals surface area contributed by atoms with Gasteiger partial charge in [0, 0.05) is 29.1 Å². The summed E-state index contributed by atoms with van der Waals surface area (Å²) < 4.78 is 1.51. The van der Waals surface area contributed by atoms with Crippen LogP contribution in [0.3, 0.4) is 0 Å². The number of nitrogens with zero attached hydrogens (tertiary/aromatic N) is 2. The molecule has 0 amide bonds. The molecule has 3 aromatic heterocycles. The van der Waals surface area contributed by atoms with Gasteiger partial charge in [-0.05, 0) is 18.2 Å². The van der Waals surface area contributed by atoms with Crippen LogP contribution >= 0.6 is 0 Å². The van der Waals surface area contributed by atoms with Gasteiger partial charge in [-0.25, -0.2) is 0 Å². The zero-order valence-electron chi connectivity index (χ0n) is 9.66. The Labute approximate surface area is 106 Å². The third-order valence-corrected chi connectivity index (χ3v) is 3.40. The average Bonchev–Trinajstić information content (AvgIpc) is 2.71. The highest BCUT2D eigenvalue weighted by atomic mass is 16.3. The predicted molar refractivity (Wildman–Crippen MR) is 71.0 cm³/mol. The van der Waals surface area contributed by atoms with Gasteiger partial charge in [0.25, 0.3) is 5.56 Å². The van der Waals surface area contributed by atoms with Gasteiger partial charge in [0.05, 0.1) is 16.6 Å². The molecule has 0 bridgehead atoms. The number of rotatable bonds is 0. The van der Waals surface area contributed by atoms with Crippen LogP contribution in [-0.4, -0.2) is 19.6 Å². The minimum Gasteiger partial charge on any atom is -0.504 e. The molecular weight excluding hydrogens is 244 g/mol. The SMILES string of the molecule is O=c1ccc2nccc3c4cc(O)c(O)cc4n1c23. The number of hydrogen-bond donors (Lipinski definition) is 2. The van der Waals surface area contributed by atoms with Gasteiger partial charge in [0.2, 0.25) is 0 Å². The second-order valence-corrected chi connectivity index (χ2v) is 4.46. The van der Waals surface area contributed by atoms with Gasteiger partial charge < -0.3 is 10.2 Å². The van der Waals surface area contributed by atoms with Crippen LogP contribution < -0.4 is 5.56 Å². The molecule has 19 heavy (non-hydrogen) atoms. The van der Waals surface area contributed by atoms with Gasteiger partial charge in [-0.3, -0.25) is 14.2 Å². The number of pyridine rings is 2. The third-order valence-electron chi connectivity index (χ3n) is 3.40. The van der Waals surface area contributed by atoms with Crippen LogP contribution in [0.2, 0.25) is 0 Å². The molecule has 0 aliphatic heterocycles. The van der Waals surface area contributed by atoms with Crippen LogP contribution in [0.25, 0.3) is 27.3 Å². The molecule has 1 aromatic carbocycles. The molecule has 0 saturated heterocycles. The molecule has 4 rings (SSSR count). The number of phenolic OH excluding ortho intramolecular Hbond substituents is 2. The number of benzene rings is 1. The van der Waals surface area contributed by atoms with E-state index in [1.54, 1.807) is 18.3 Å². The first-order chi connectivity index (χ1) is 9.16. The summed E-state index contributed by atoms with van der Waals surface area (Å²) in [5.74, 6) is -0.451. The monoisotopic (exact) mass is 252 g/mol. The van der Waals surface area contributed by atoms with Crippen LogP contribution in [0.1, 0.15) is 0 Å². The normalized spacial score (nSPS) is 11.8. The fourth-order valence-corrected chi connectivity index (χ4v) is 2.59. The number of aromatic hydroxyl groups is 2. The van der Waals surface area contributed by atoms with Crippen molar-refractivity contribution in [1.82, 2.24) is 9.38 Å². The van der Waals surface area contributed by atoms with E-state index in [1.165, 1.54) is 22.6 Å². The first-order valence-electron chi connectivity index (χ1n) is 5.74. The zero-order chi connectivity index (χ0) is 13.1. The van der Waals surface area contributed by atoms with Crippen LogP contribution in [0.5, 0.6) is 11.5 Å². The first kappa shape index (κ1) is 10.1. The lowest BCUT2D eigenvalue weighted by atomic mass is 10.1. The lowest BCUT2D eigenvalue weighted by Gasteiger charge is -1.99. The van der Waals surface area contributed by atoms with Crippen molar-refractivity contribution < 1.29 is 10.2 Å². The Morgan fingerprint density at radius 2 is 1.79 bits per heavy atom. The summed E-state index contributed by atoms with van der Waals surface area (Å²) in [4.78, 5) is 16.3. The molecule has 5 heteroatoms. The smallest absolute Gasteiger partial charge is 0.255 e. The maximum absolute atomic E-state index is 12.0. The second-order valence-electron chi connectivity index (χ2n) is 4.46. The molecule has 0 aliphatic rings. The maximum Gasteiger partial charge on any atom is 0.255 e. The van der Waals surface area contributed by atoms with Gasteiger partial charge in [-0.15, -0.1) is 0 Å². The number of hydrogen-bond acceptors (Lipinski definition) is 4. The van der Waals surface area contributed by atoms with Gasteiger partial charge in [0.15, 0.2) is 11.5 Å². The highest BCUT2D eigenvalue weighted by Gasteiger charge is 2.15. The number of phenols is 2. The van der Waals surface area contributed by atoms with E-state index in [9.17, 15) is 15.0 Å². The van der Waals surface area contributed by atoms with Crippen molar-refractivity contribution in [1.29, 1.82) is 0 Å². The highest BCUT2D eigenvalue weighted by Crippen LogP contribution is 2.36. The molecule has 2 N–H and O–H groups in total. The van der Waals surface area contributed by atoms with Crippen molar-refractivity contribution in [3.8, 4) is 11.5 Å². The third kappa shape index (κ3) is 1.14. The van der Waals surface area contributed by atoms with Gasteiger partial charge in [-0.2, -0.15) is 0 Å². The van der Waals surface area contributed by atoms with E-state index < -0.39 is 0 Å². The van der Waals surface area contributed by atoms with Crippen molar-refractivity contribution in [2.75, 3.05) is 0 Å². The number of fused-ring (bicyclic) bond motifs is 3. The molecule has 0 atom stereocenters. The van der Waals surface area contributed by atoms with E-state index in [-0.39, 0.29) is 17.1 Å². The summed E-state index contributed by atoms with van der Waals surface area (Å²) in [6.45, 7) is 0. The van der Waals surface area contributed by atoms with Crippen molar-refractivity contribution in [2.24, 2.45) is 0 Å². The maximum atomic E-state index is 12.0. The summed E-state index contributed by atoms with van der Waals surface area (Å²) in [6, 6.07) is 7.76. The quantitative estimate of drug-likeness (QED) is 0.468. The Bertz CT molecular complexity index is 1000. The van der Waals surface area contributed by atoms with Crippen molar-refractivity contribution in [3.05, 3.63) is 46.9 Å². The van der Waals surface area contributed by atoms with Gasteiger partial charge in [0.1, 0.15) is 0 Å². The summed E-state index contributed by atoms with van der Waals surface area (Å²) in [5.41, 5.74) is 1.78. The summed E-state index contributed by atoms with van der Waals surface area (Å²) in [6.07, 6.45) is 1.66. The Balaban J connectivity index is 2.48. The molecular formula is C14H8N2O3. The van der Waals surface area contributed by atoms with Crippen molar-refractivity contribution in [3.63, 3.8) is 0 Å². The fourth-order valence-electron chi connectivity index (χ4n) is 2.59. The largest absolute Gasteiger partial charge is 0.504 e. The lowest BCUT2D eigenvalue weighted by Crippen LogP contribution is -2.10. The highest BCUT2D eigenvalue weighted by molar-refractivity contribution is 6.13. The van der Waals surface area contributed by atoms with Crippen LogP contribution in [-0.2, 0) is 0 Å². The molecule has 0 unspecified atom stereocenters. The summed E-state index contributed by atoms with van der Waals surface area (Å²) in [5, 5.41) is 20.8. The standard InChI is InChI=1S/C14H8N2O3/c17-11-5-8-7-3-4-15-9-1-2-13(19)16(14(7)9)10(8)6-12(11)18/h1-6,17-18H. The van der Waals surface area contributed by atoms with E-state index in [0.717, 1.165) is 5.39 Å². The zero-order valence-corrected chi connectivity index (χ0v) is 9.66. The molecule has 92 valence electrons. The molecule has 4 aromatic rings. The van der Waals surface area contributed by atoms with Crippen molar-refractivity contribution in [2.45, 2.75) is 0 Å². The van der Waals surface area contributed by atoms with E-state index >= 15 is 0 Å². The Kier molecular flexibility index (Phi) is 1.67. The molecule has 5 nitrogen and oxygen atoms in total. The molecule has 0 spiro atoms. The van der Waals surface area contributed by atoms with Crippen LogP contribution in [0.15, 0.2) is 41.3 Å². The molecule has 0 aliphatic carbocycles. The first-order valence-corrected chi connectivity index (χ1v) is 5.74. The summed E-state index contributed by atoms with van der Waals surface area (Å²) in [7, 11) is 0. The Hall–Kier alpha value is -2.82. The Morgan fingerprint density at radius 1 is 1.00 bits per heavy atom. The second kappa shape index (κ2) is 3.14. The van der Waals surface area contributed by atoms with Gasteiger partial charge >= 0.3 is 0 Å².